The molecule has 2 fully saturated rings. The van der Waals surface area contributed by atoms with Crippen LogP contribution in [0.1, 0.15) is 59.2 Å². The molecule has 0 aliphatic carbocycles. The van der Waals surface area contributed by atoms with Gasteiger partial charge in [0.05, 0.1) is 0 Å². The van der Waals surface area contributed by atoms with Crippen molar-refractivity contribution in [2.24, 2.45) is 5.41 Å². The molecule has 0 bridgehead atoms. The quantitative estimate of drug-likeness (QED) is 0.884. The molecule has 2 saturated heterocycles. The molecular weight excluding hydrogens is 340 g/mol. The molecule has 2 aliphatic rings. The number of hydrogen-bond acceptors (Lipinski definition) is 3. The first-order valence-corrected chi connectivity index (χ1v) is 10.1. The zero-order chi connectivity index (χ0) is 19.6. The second-order valence-electron chi connectivity index (χ2n) is 8.44. The summed E-state index contributed by atoms with van der Waals surface area (Å²) in [5.74, 6) is 0.341. The third-order valence-corrected chi connectivity index (χ3v) is 6.52. The first kappa shape index (κ1) is 19.9. The molecule has 0 unspecified atom stereocenters. The van der Waals surface area contributed by atoms with Crippen molar-refractivity contribution in [3.05, 3.63) is 34.4 Å². The Morgan fingerprint density at radius 3 is 2.41 bits per heavy atom. The molecule has 1 spiro atoms. The van der Waals surface area contributed by atoms with Gasteiger partial charge in [0.1, 0.15) is 0 Å². The third kappa shape index (κ3) is 4.18. The van der Waals surface area contributed by atoms with Crippen LogP contribution in [0.5, 0.6) is 0 Å². The number of likely N-dealkylation sites (tertiary alicyclic amines) is 2. The number of nitrogens with zero attached hydrogens (tertiary/aromatic N) is 2. The van der Waals surface area contributed by atoms with E-state index >= 15 is 0 Å². The predicted octanol–water partition coefficient (Wildman–Crippen LogP) is 2.84. The van der Waals surface area contributed by atoms with Crippen LogP contribution in [0.3, 0.4) is 0 Å². The van der Waals surface area contributed by atoms with Gasteiger partial charge in [-0.25, -0.2) is 0 Å². The molecule has 1 aromatic carbocycles. The number of carbonyl (C=O) groups excluding carboxylic acids is 2. The van der Waals surface area contributed by atoms with E-state index in [1.165, 1.54) is 5.56 Å². The van der Waals surface area contributed by atoms with Crippen molar-refractivity contribution in [2.45, 2.75) is 52.9 Å². The second-order valence-corrected chi connectivity index (χ2v) is 8.44. The highest BCUT2D eigenvalue weighted by Gasteiger charge is 2.41. The summed E-state index contributed by atoms with van der Waals surface area (Å²) in [5, 5.41) is 9.07. The molecule has 0 aromatic heterocycles. The number of benzene rings is 1. The van der Waals surface area contributed by atoms with Gasteiger partial charge < -0.3 is 14.9 Å². The maximum absolute atomic E-state index is 13.0. The van der Waals surface area contributed by atoms with Gasteiger partial charge in [-0.05, 0) is 74.6 Å². The smallest absolute Gasteiger partial charge is 0.254 e. The Hall–Kier alpha value is -1.88. The number of aliphatic hydroxyl groups is 1. The van der Waals surface area contributed by atoms with Crippen LogP contribution in [-0.2, 0) is 4.79 Å². The Bertz CT molecular complexity index is 721. The minimum Gasteiger partial charge on any atom is -0.396 e. The fourth-order valence-electron chi connectivity index (χ4n) is 4.52. The van der Waals surface area contributed by atoms with Gasteiger partial charge in [0, 0.05) is 44.8 Å². The number of piperidine rings is 2. The van der Waals surface area contributed by atoms with Crippen LogP contribution in [0.2, 0.25) is 0 Å². The van der Waals surface area contributed by atoms with Crippen LogP contribution in [0.4, 0.5) is 0 Å². The Balaban J connectivity index is 1.65. The van der Waals surface area contributed by atoms with Crippen LogP contribution in [0.15, 0.2) is 12.1 Å². The SMILES string of the molecule is Cc1cc(C)c(C(=O)N2CCC3(CCC(=O)N(CCCO)C3)CC2)cc1C. The summed E-state index contributed by atoms with van der Waals surface area (Å²) >= 11 is 0. The van der Waals surface area contributed by atoms with E-state index in [4.69, 9.17) is 5.11 Å². The third-order valence-electron chi connectivity index (χ3n) is 6.52. The van der Waals surface area contributed by atoms with Crippen molar-refractivity contribution >= 4 is 11.8 Å². The van der Waals surface area contributed by atoms with Gasteiger partial charge in [0.15, 0.2) is 0 Å². The van der Waals surface area contributed by atoms with Crippen LogP contribution in [0, 0.1) is 26.2 Å². The van der Waals surface area contributed by atoms with Gasteiger partial charge in [-0.3, -0.25) is 9.59 Å². The fourth-order valence-corrected chi connectivity index (χ4v) is 4.52. The molecule has 0 saturated carbocycles. The van der Waals surface area contributed by atoms with E-state index in [-0.39, 0.29) is 23.8 Å². The predicted molar refractivity (Wildman–Crippen MR) is 106 cm³/mol. The highest BCUT2D eigenvalue weighted by Crippen LogP contribution is 2.40. The van der Waals surface area contributed by atoms with Gasteiger partial charge in [0.2, 0.25) is 5.91 Å². The Morgan fingerprint density at radius 1 is 1.07 bits per heavy atom. The van der Waals surface area contributed by atoms with Crippen molar-refractivity contribution in [2.75, 3.05) is 32.8 Å². The van der Waals surface area contributed by atoms with E-state index in [0.717, 1.165) is 55.6 Å². The van der Waals surface area contributed by atoms with Crippen molar-refractivity contribution in [3.8, 4) is 0 Å². The summed E-state index contributed by atoms with van der Waals surface area (Å²) < 4.78 is 0. The van der Waals surface area contributed by atoms with E-state index in [0.29, 0.717) is 19.4 Å². The highest BCUT2D eigenvalue weighted by molar-refractivity contribution is 5.96. The summed E-state index contributed by atoms with van der Waals surface area (Å²) in [4.78, 5) is 29.1. The molecular formula is C22H32N2O3. The van der Waals surface area contributed by atoms with E-state index in [2.05, 4.69) is 19.9 Å². The number of aryl methyl sites for hydroxylation is 3. The maximum Gasteiger partial charge on any atom is 0.254 e. The molecule has 148 valence electrons. The molecule has 2 heterocycles. The molecule has 2 aliphatic heterocycles. The lowest BCUT2D eigenvalue weighted by Crippen LogP contribution is -2.52. The molecule has 5 nitrogen and oxygen atoms in total. The van der Waals surface area contributed by atoms with Crippen LogP contribution in [-0.4, -0.2) is 59.5 Å². The summed E-state index contributed by atoms with van der Waals surface area (Å²) in [6, 6.07) is 4.12. The summed E-state index contributed by atoms with van der Waals surface area (Å²) in [7, 11) is 0. The average Bonchev–Trinajstić information content (AvgIpc) is 2.66. The summed E-state index contributed by atoms with van der Waals surface area (Å²) in [5.41, 5.74) is 4.37. The maximum atomic E-state index is 13.0. The van der Waals surface area contributed by atoms with Crippen LogP contribution >= 0.6 is 0 Å². The number of hydrogen-bond donors (Lipinski definition) is 1. The van der Waals surface area contributed by atoms with Crippen molar-refractivity contribution < 1.29 is 14.7 Å². The van der Waals surface area contributed by atoms with Gasteiger partial charge in [-0.15, -0.1) is 0 Å². The molecule has 1 N–H and O–H groups in total. The number of carbonyl (C=O) groups is 2. The molecule has 27 heavy (non-hydrogen) atoms. The molecule has 5 heteroatoms. The number of amides is 2. The normalized spacial score (nSPS) is 19.6. The standard InChI is InChI=1S/C22H32N2O3/c1-16-13-18(3)19(14-17(16)2)21(27)23-10-7-22(8-11-23)6-5-20(26)24(15-22)9-4-12-25/h13-14,25H,4-12,15H2,1-3H3. The number of aliphatic hydroxyl groups excluding tert-OH is 1. The zero-order valence-electron chi connectivity index (χ0n) is 16.9. The molecule has 0 atom stereocenters. The van der Waals surface area contributed by atoms with Crippen molar-refractivity contribution in [1.82, 2.24) is 9.80 Å². The highest BCUT2D eigenvalue weighted by atomic mass is 16.3. The second kappa shape index (κ2) is 8.01. The number of rotatable bonds is 4. The van der Waals surface area contributed by atoms with E-state index in [1.54, 1.807) is 0 Å². The van der Waals surface area contributed by atoms with E-state index in [9.17, 15) is 9.59 Å². The first-order chi connectivity index (χ1) is 12.8. The van der Waals surface area contributed by atoms with Crippen molar-refractivity contribution in [1.29, 1.82) is 0 Å². The summed E-state index contributed by atoms with van der Waals surface area (Å²) in [6.07, 6.45) is 4.05. The first-order valence-electron chi connectivity index (χ1n) is 10.1. The largest absolute Gasteiger partial charge is 0.396 e. The molecule has 3 rings (SSSR count). The Morgan fingerprint density at radius 2 is 1.74 bits per heavy atom. The fraction of sp³-hybridized carbons (Fsp3) is 0.636. The lowest BCUT2D eigenvalue weighted by atomic mass is 9.72. The van der Waals surface area contributed by atoms with Crippen LogP contribution in [0.25, 0.3) is 0 Å². The van der Waals surface area contributed by atoms with Crippen LogP contribution < -0.4 is 0 Å². The average molecular weight is 373 g/mol. The van der Waals surface area contributed by atoms with Crippen molar-refractivity contribution in [3.63, 3.8) is 0 Å². The van der Waals surface area contributed by atoms with Gasteiger partial charge in [-0.2, -0.15) is 0 Å². The lowest BCUT2D eigenvalue weighted by molar-refractivity contribution is -0.139. The summed E-state index contributed by atoms with van der Waals surface area (Å²) in [6.45, 7) is 9.19. The molecule has 1 aromatic rings. The van der Waals surface area contributed by atoms with Gasteiger partial charge in [-0.1, -0.05) is 6.07 Å². The lowest BCUT2D eigenvalue weighted by Gasteiger charge is -2.47. The zero-order valence-corrected chi connectivity index (χ0v) is 16.9. The topological polar surface area (TPSA) is 60.9 Å². The Labute approximate surface area is 162 Å². The van der Waals surface area contributed by atoms with E-state index in [1.807, 2.05) is 22.8 Å². The molecule has 2 amide bonds. The van der Waals surface area contributed by atoms with Gasteiger partial charge in [0.25, 0.3) is 5.91 Å². The minimum absolute atomic E-state index is 0.119. The molecule has 0 radical (unpaired) electrons. The van der Waals surface area contributed by atoms with Gasteiger partial charge >= 0.3 is 0 Å². The monoisotopic (exact) mass is 372 g/mol. The Kier molecular flexibility index (Phi) is 5.89. The van der Waals surface area contributed by atoms with E-state index < -0.39 is 0 Å². The minimum atomic E-state index is 0.119.